The summed E-state index contributed by atoms with van der Waals surface area (Å²) in [6.45, 7) is 25.1. The van der Waals surface area contributed by atoms with Crippen LogP contribution in [0.4, 0.5) is 4.79 Å². The van der Waals surface area contributed by atoms with Crippen LogP contribution in [0.25, 0.3) is 0 Å². The van der Waals surface area contributed by atoms with Crippen LogP contribution in [0.3, 0.4) is 0 Å². The first-order chi connectivity index (χ1) is 15.4. The van der Waals surface area contributed by atoms with Crippen LogP contribution in [0.5, 0.6) is 0 Å². The normalized spacial score (nSPS) is 51.2. The third kappa shape index (κ3) is 2.61. The Bertz CT molecular complexity index is 949. The SMILES string of the molecule is CC1=C[C@]23C(O)[C@@H](C(O[Si](C)(C)C(C)(C)C)[C@H](C)[C@H]4OC(=O)O[C@]42C1)[C@@]1(C)[C@@H](C[C@H]3C)C1(C)C. The molecule has 0 aromatic rings. The van der Waals surface area contributed by atoms with E-state index in [0.717, 1.165) is 6.42 Å². The molecule has 1 saturated heterocycles. The zero-order chi connectivity index (χ0) is 25.4. The lowest BCUT2D eigenvalue weighted by Gasteiger charge is -2.50. The summed E-state index contributed by atoms with van der Waals surface area (Å²) in [5.41, 5.74) is -0.285. The Morgan fingerprint density at radius 2 is 1.79 bits per heavy atom. The van der Waals surface area contributed by atoms with Gasteiger partial charge >= 0.3 is 6.16 Å². The van der Waals surface area contributed by atoms with Gasteiger partial charge in [-0.2, -0.15) is 0 Å². The molecule has 1 N–H and O–H groups in total. The molecule has 192 valence electrons. The van der Waals surface area contributed by atoms with Gasteiger partial charge in [0.15, 0.2) is 20.0 Å². The highest BCUT2D eigenvalue weighted by atomic mass is 28.4. The summed E-state index contributed by atoms with van der Waals surface area (Å²) < 4.78 is 19.6. The summed E-state index contributed by atoms with van der Waals surface area (Å²) in [5.74, 6) is 0.508. The van der Waals surface area contributed by atoms with E-state index in [1.54, 1.807) is 0 Å². The minimum atomic E-state index is -2.19. The first kappa shape index (κ1) is 24.8. The zero-order valence-corrected chi connectivity index (χ0v) is 24.1. The summed E-state index contributed by atoms with van der Waals surface area (Å²) in [5, 5.41) is 12.7. The monoisotopic (exact) mass is 490 g/mol. The van der Waals surface area contributed by atoms with E-state index in [9.17, 15) is 9.90 Å². The van der Waals surface area contributed by atoms with E-state index in [4.69, 9.17) is 13.9 Å². The largest absolute Gasteiger partial charge is 0.509 e. The number of hydrogen-bond donors (Lipinski definition) is 1. The molecule has 34 heavy (non-hydrogen) atoms. The molecule has 0 amide bonds. The number of carbonyl (C=O) groups is 1. The van der Waals surface area contributed by atoms with Crippen molar-refractivity contribution in [3.8, 4) is 0 Å². The molecule has 5 aliphatic rings. The second kappa shape index (κ2) is 6.72. The van der Waals surface area contributed by atoms with Crippen LogP contribution in [-0.4, -0.2) is 43.5 Å². The topological polar surface area (TPSA) is 65.0 Å². The molecule has 4 aliphatic carbocycles. The van der Waals surface area contributed by atoms with E-state index < -0.39 is 37.7 Å². The minimum absolute atomic E-state index is 0.0337. The Labute approximate surface area is 207 Å². The number of rotatable bonds is 2. The predicted octanol–water partition coefficient (Wildman–Crippen LogP) is 6.32. The lowest BCUT2D eigenvalue weighted by Crippen LogP contribution is -2.60. The standard InChI is InChI=1S/C28H46O5Si/c1-15-13-27-16(2)12-18-25(7,8)26(18,9)19(21(27)29)20(33-34(10,11)24(4,5)6)17(3)22-28(27,14-15)32-23(30)31-22/h13,16-22,29H,12,14H2,1-11H3/t16-,17+,18+,19-,20?,21?,22-,26-,27+,28-/m1/s1. The Morgan fingerprint density at radius 1 is 1.18 bits per heavy atom. The summed E-state index contributed by atoms with van der Waals surface area (Å²) in [4.78, 5) is 12.8. The first-order valence-corrected chi connectivity index (χ1v) is 16.2. The highest BCUT2D eigenvalue weighted by molar-refractivity contribution is 6.74. The molecule has 2 spiro atoms. The van der Waals surface area contributed by atoms with Crippen molar-refractivity contribution in [2.75, 3.05) is 0 Å². The van der Waals surface area contributed by atoms with E-state index >= 15 is 0 Å². The van der Waals surface area contributed by atoms with Gasteiger partial charge in [-0.15, -0.1) is 0 Å². The number of aliphatic hydroxyl groups is 1. The predicted molar refractivity (Wildman–Crippen MR) is 135 cm³/mol. The fourth-order valence-corrected chi connectivity index (χ4v) is 10.4. The van der Waals surface area contributed by atoms with Crippen molar-refractivity contribution in [1.82, 2.24) is 0 Å². The molecule has 0 aromatic carbocycles. The lowest BCUT2D eigenvalue weighted by atomic mass is 9.58. The van der Waals surface area contributed by atoms with E-state index in [2.05, 4.69) is 81.5 Å². The lowest BCUT2D eigenvalue weighted by molar-refractivity contribution is -0.147. The molecular weight excluding hydrogens is 444 g/mol. The van der Waals surface area contributed by atoms with Gasteiger partial charge in [-0.05, 0) is 54.1 Å². The van der Waals surface area contributed by atoms with Gasteiger partial charge in [0, 0.05) is 18.3 Å². The summed E-state index contributed by atoms with van der Waals surface area (Å²) in [7, 11) is -2.19. The molecule has 10 atom stereocenters. The van der Waals surface area contributed by atoms with E-state index in [1.807, 2.05) is 0 Å². The molecular formula is C28H46O5Si. The van der Waals surface area contributed by atoms with Crippen molar-refractivity contribution in [1.29, 1.82) is 0 Å². The smallest absolute Gasteiger partial charge is 0.426 e. The van der Waals surface area contributed by atoms with Crippen molar-refractivity contribution in [2.45, 2.75) is 117 Å². The first-order valence-electron chi connectivity index (χ1n) is 13.3. The molecule has 5 rings (SSSR count). The molecule has 0 radical (unpaired) electrons. The Hall–Kier alpha value is -0.853. The van der Waals surface area contributed by atoms with Crippen molar-refractivity contribution >= 4 is 14.5 Å². The van der Waals surface area contributed by atoms with Gasteiger partial charge in [-0.25, -0.2) is 4.79 Å². The number of aliphatic hydroxyl groups excluding tert-OH is 1. The van der Waals surface area contributed by atoms with Crippen LogP contribution in [0.1, 0.15) is 75.2 Å². The maximum Gasteiger partial charge on any atom is 0.509 e. The Kier molecular flexibility index (Phi) is 4.90. The summed E-state index contributed by atoms with van der Waals surface area (Å²) in [6.07, 6.45) is 1.99. The number of ether oxygens (including phenoxy) is 2. The van der Waals surface area contributed by atoms with Crippen LogP contribution in [0.2, 0.25) is 18.1 Å². The highest BCUT2D eigenvalue weighted by Gasteiger charge is 2.83. The third-order valence-electron chi connectivity index (χ3n) is 12.1. The number of carbonyl (C=O) groups excluding carboxylic acids is 1. The quantitative estimate of drug-likeness (QED) is 0.279. The van der Waals surface area contributed by atoms with Crippen LogP contribution in [-0.2, 0) is 13.9 Å². The van der Waals surface area contributed by atoms with Gasteiger partial charge < -0.3 is 19.0 Å². The van der Waals surface area contributed by atoms with Crippen LogP contribution >= 0.6 is 0 Å². The highest BCUT2D eigenvalue weighted by Crippen LogP contribution is 2.81. The fourth-order valence-electron chi connectivity index (χ4n) is 9.00. The number of hydrogen-bond acceptors (Lipinski definition) is 5. The average Bonchev–Trinajstić information content (AvgIpc) is 2.96. The van der Waals surface area contributed by atoms with E-state index in [1.165, 1.54) is 5.57 Å². The van der Waals surface area contributed by atoms with Crippen LogP contribution < -0.4 is 0 Å². The maximum atomic E-state index is 12.8. The van der Waals surface area contributed by atoms with Gasteiger partial charge in [0.25, 0.3) is 0 Å². The average molecular weight is 491 g/mol. The second-order valence-corrected chi connectivity index (χ2v) is 19.5. The van der Waals surface area contributed by atoms with Gasteiger partial charge in [-0.3, -0.25) is 0 Å². The molecule has 1 aliphatic heterocycles. The van der Waals surface area contributed by atoms with Crippen LogP contribution in [0.15, 0.2) is 11.6 Å². The van der Waals surface area contributed by atoms with Crippen molar-refractivity contribution < 1.29 is 23.8 Å². The molecule has 6 heteroatoms. The van der Waals surface area contributed by atoms with Gasteiger partial charge in [0.1, 0.15) is 0 Å². The van der Waals surface area contributed by atoms with Crippen molar-refractivity contribution in [3.05, 3.63) is 11.6 Å². The Morgan fingerprint density at radius 3 is 2.38 bits per heavy atom. The van der Waals surface area contributed by atoms with Gasteiger partial charge in [0.05, 0.1) is 17.6 Å². The maximum absolute atomic E-state index is 12.8. The third-order valence-corrected chi connectivity index (χ3v) is 16.6. The van der Waals surface area contributed by atoms with E-state index in [0.29, 0.717) is 12.3 Å². The minimum Gasteiger partial charge on any atom is -0.426 e. The van der Waals surface area contributed by atoms with Gasteiger partial charge in [0.2, 0.25) is 0 Å². The second-order valence-electron chi connectivity index (χ2n) is 14.7. The van der Waals surface area contributed by atoms with E-state index in [-0.39, 0.29) is 39.7 Å². The molecule has 1 heterocycles. The van der Waals surface area contributed by atoms with Crippen LogP contribution in [0, 0.1) is 39.9 Å². The summed E-state index contributed by atoms with van der Waals surface area (Å²) in [6, 6.07) is 0. The Balaban J connectivity index is 1.76. The fraction of sp³-hybridized carbons (Fsp3) is 0.893. The zero-order valence-electron chi connectivity index (χ0n) is 23.1. The van der Waals surface area contributed by atoms with Crippen molar-refractivity contribution in [2.24, 2.45) is 39.9 Å². The molecule has 4 fully saturated rings. The molecule has 3 saturated carbocycles. The summed E-state index contributed by atoms with van der Waals surface area (Å²) >= 11 is 0. The number of fused-ring (bicyclic) bond motifs is 3. The molecule has 5 nitrogen and oxygen atoms in total. The molecule has 2 bridgehead atoms. The van der Waals surface area contributed by atoms with Gasteiger partial charge in [-0.1, -0.05) is 67.0 Å². The van der Waals surface area contributed by atoms with Crippen molar-refractivity contribution in [3.63, 3.8) is 0 Å². The molecule has 2 unspecified atom stereocenters. The molecule has 0 aromatic heterocycles.